The molecule has 1 aliphatic rings. The lowest BCUT2D eigenvalue weighted by Gasteiger charge is -2.40. The van der Waals surface area contributed by atoms with Crippen LogP contribution in [0.25, 0.3) is 0 Å². The van der Waals surface area contributed by atoms with E-state index >= 15 is 0 Å². The number of rotatable bonds is 6. The van der Waals surface area contributed by atoms with Crippen LogP contribution in [0.1, 0.15) is 39.5 Å². The van der Waals surface area contributed by atoms with Gasteiger partial charge in [0.1, 0.15) is 0 Å². The maximum Gasteiger partial charge on any atom is 0.0599 e. The number of nitrogens with one attached hydrogen (secondary N) is 1. The molecule has 0 amide bonds. The Hall–Kier alpha value is -0.520. The van der Waals surface area contributed by atoms with E-state index in [0.29, 0.717) is 5.41 Å². The maximum atomic E-state index is 5.44. The molecule has 0 aromatic heterocycles. The molecule has 92 valence electrons. The maximum absolute atomic E-state index is 5.44. The van der Waals surface area contributed by atoms with E-state index in [4.69, 9.17) is 6.42 Å². The summed E-state index contributed by atoms with van der Waals surface area (Å²) in [5, 5.41) is 3.54. The van der Waals surface area contributed by atoms with Crippen molar-refractivity contribution in [3.05, 3.63) is 0 Å². The van der Waals surface area contributed by atoms with Gasteiger partial charge in [0, 0.05) is 13.1 Å². The Morgan fingerprint density at radius 2 is 2.25 bits per heavy atom. The first kappa shape index (κ1) is 13.5. The molecule has 0 radical (unpaired) electrons. The molecule has 0 spiro atoms. The third kappa shape index (κ3) is 3.81. The molecule has 0 saturated carbocycles. The molecule has 1 rings (SSSR count). The van der Waals surface area contributed by atoms with Crippen molar-refractivity contribution in [2.45, 2.75) is 39.5 Å². The van der Waals surface area contributed by atoms with Crippen molar-refractivity contribution >= 4 is 0 Å². The molecule has 1 heterocycles. The number of hydrogen-bond acceptors (Lipinski definition) is 2. The summed E-state index contributed by atoms with van der Waals surface area (Å²) < 4.78 is 0. The van der Waals surface area contributed by atoms with Crippen molar-refractivity contribution in [3.63, 3.8) is 0 Å². The number of nitrogens with zero attached hydrogens (tertiary/aromatic N) is 1. The third-order valence-corrected chi connectivity index (χ3v) is 3.72. The van der Waals surface area contributed by atoms with E-state index < -0.39 is 0 Å². The second-order valence-corrected chi connectivity index (χ2v) is 5.05. The van der Waals surface area contributed by atoms with E-state index in [1.807, 2.05) is 0 Å². The van der Waals surface area contributed by atoms with Crippen LogP contribution in [0.2, 0.25) is 0 Å². The summed E-state index contributed by atoms with van der Waals surface area (Å²) in [4.78, 5) is 2.44. The van der Waals surface area contributed by atoms with Gasteiger partial charge in [-0.1, -0.05) is 19.8 Å². The monoisotopic (exact) mass is 222 g/mol. The van der Waals surface area contributed by atoms with Crippen molar-refractivity contribution < 1.29 is 0 Å². The molecule has 1 aliphatic heterocycles. The Morgan fingerprint density at radius 3 is 2.75 bits per heavy atom. The fraction of sp³-hybridized carbons (Fsp3) is 0.857. The Labute approximate surface area is 101 Å². The molecular weight excluding hydrogens is 196 g/mol. The highest BCUT2D eigenvalue weighted by Crippen LogP contribution is 2.30. The first-order valence-electron chi connectivity index (χ1n) is 6.63. The van der Waals surface area contributed by atoms with Gasteiger partial charge in [-0.3, -0.25) is 4.90 Å². The van der Waals surface area contributed by atoms with Gasteiger partial charge in [-0.2, -0.15) is 0 Å². The Bertz CT molecular complexity index is 223. The SMILES string of the molecule is C#CCN(CCC)CC1(CC)CCCNC1. The predicted octanol–water partition coefficient (Wildman–Crippen LogP) is 2.11. The average molecular weight is 222 g/mol. The molecule has 0 aromatic carbocycles. The molecule has 1 fully saturated rings. The third-order valence-electron chi connectivity index (χ3n) is 3.72. The highest BCUT2D eigenvalue weighted by atomic mass is 15.1. The molecular formula is C14H26N2. The fourth-order valence-corrected chi connectivity index (χ4v) is 2.71. The quantitative estimate of drug-likeness (QED) is 0.693. The zero-order valence-electron chi connectivity index (χ0n) is 10.9. The van der Waals surface area contributed by atoms with Crippen LogP contribution in [-0.2, 0) is 0 Å². The van der Waals surface area contributed by atoms with Gasteiger partial charge in [-0.25, -0.2) is 0 Å². The number of hydrogen-bond donors (Lipinski definition) is 1. The van der Waals surface area contributed by atoms with Gasteiger partial charge >= 0.3 is 0 Å². The molecule has 1 unspecified atom stereocenters. The van der Waals surface area contributed by atoms with Crippen molar-refractivity contribution in [2.24, 2.45) is 5.41 Å². The molecule has 2 heteroatoms. The minimum Gasteiger partial charge on any atom is -0.316 e. The summed E-state index contributed by atoms with van der Waals surface area (Å²) in [7, 11) is 0. The van der Waals surface area contributed by atoms with Gasteiger partial charge in [0.15, 0.2) is 0 Å². The molecule has 16 heavy (non-hydrogen) atoms. The number of piperidine rings is 1. The average Bonchev–Trinajstić information content (AvgIpc) is 2.31. The van der Waals surface area contributed by atoms with E-state index in [9.17, 15) is 0 Å². The van der Waals surface area contributed by atoms with Gasteiger partial charge < -0.3 is 5.32 Å². The summed E-state index contributed by atoms with van der Waals surface area (Å²) in [6.07, 6.45) is 10.5. The Kier molecular flexibility index (Phi) is 5.87. The van der Waals surface area contributed by atoms with Crippen LogP contribution < -0.4 is 5.32 Å². The smallest absolute Gasteiger partial charge is 0.0599 e. The minimum atomic E-state index is 0.463. The van der Waals surface area contributed by atoms with Crippen molar-refractivity contribution in [2.75, 3.05) is 32.7 Å². The second-order valence-electron chi connectivity index (χ2n) is 5.05. The molecule has 1 saturated heterocycles. The van der Waals surface area contributed by atoms with Crippen molar-refractivity contribution in [1.29, 1.82) is 0 Å². The Balaban J connectivity index is 2.54. The lowest BCUT2D eigenvalue weighted by Crippen LogP contribution is -2.47. The lowest BCUT2D eigenvalue weighted by molar-refractivity contribution is 0.121. The van der Waals surface area contributed by atoms with Crippen LogP contribution in [0.15, 0.2) is 0 Å². The highest BCUT2D eigenvalue weighted by molar-refractivity contribution is 4.92. The van der Waals surface area contributed by atoms with Crippen LogP contribution in [0.5, 0.6) is 0 Å². The summed E-state index contributed by atoms with van der Waals surface area (Å²) in [5.74, 6) is 2.79. The van der Waals surface area contributed by atoms with Crippen LogP contribution in [-0.4, -0.2) is 37.6 Å². The molecule has 1 atom stereocenters. The Morgan fingerprint density at radius 1 is 1.44 bits per heavy atom. The van der Waals surface area contributed by atoms with Gasteiger partial charge in [-0.15, -0.1) is 6.42 Å². The first-order valence-corrected chi connectivity index (χ1v) is 6.63. The fourth-order valence-electron chi connectivity index (χ4n) is 2.71. The second kappa shape index (κ2) is 6.93. The summed E-state index contributed by atoms with van der Waals surface area (Å²) in [6, 6.07) is 0. The molecule has 0 aromatic rings. The van der Waals surface area contributed by atoms with E-state index in [1.54, 1.807) is 0 Å². The normalized spacial score (nSPS) is 25.6. The van der Waals surface area contributed by atoms with Crippen LogP contribution in [0.3, 0.4) is 0 Å². The van der Waals surface area contributed by atoms with E-state index in [1.165, 1.54) is 32.2 Å². The summed E-state index contributed by atoms with van der Waals surface area (Å²) in [5.41, 5.74) is 0.463. The van der Waals surface area contributed by atoms with E-state index in [2.05, 4.69) is 30.0 Å². The largest absolute Gasteiger partial charge is 0.316 e. The summed E-state index contributed by atoms with van der Waals surface area (Å²) in [6.45, 7) is 9.98. The first-order chi connectivity index (χ1) is 7.76. The lowest BCUT2D eigenvalue weighted by atomic mass is 9.78. The zero-order valence-corrected chi connectivity index (χ0v) is 10.9. The van der Waals surface area contributed by atoms with E-state index in [-0.39, 0.29) is 0 Å². The van der Waals surface area contributed by atoms with Gasteiger partial charge in [0.2, 0.25) is 0 Å². The van der Waals surface area contributed by atoms with Crippen LogP contribution in [0.4, 0.5) is 0 Å². The van der Waals surface area contributed by atoms with Gasteiger partial charge in [-0.05, 0) is 44.2 Å². The van der Waals surface area contributed by atoms with Gasteiger partial charge in [0.05, 0.1) is 6.54 Å². The highest BCUT2D eigenvalue weighted by Gasteiger charge is 2.31. The predicted molar refractivity (Wildman–Crippen MR) is 70.4 cm³/mol. The zero-order chi connectivity index (χ0) is 11.9. The van der Waals surface area contributed by atoms with Crippen LogP contribution >= 0.6 is 0 Å². The van der Waals surface area contributed by atoms with E-state index in [0.717, 1.165) is 26.2 Å². The molecule has 2 nitrogen and oxygen atoms in total. The van der Waals surface area contributed by atoms with Crippen molar-refractivity contribution in [3.8, 4) is 12.3 Å². The molecule has 1 N–H and O–H groups in total. The number of terminal acetylenes is 1. The standard InChI is InChI=1S/C14H26N2/c1-4-10-16(11-5-2)13-14(6-3)8-7-9-15-12-14/h1,15H,5-13H2,2-3H3. The molecule has 0 aliphatic carbocycles. The topological polar surface area (TPSA) is 15.3 Å². The van der Waals surface area contributed by atoms with Crippen LogP contribution in [0, 0.1) is 17.8 Å². The molecule has 0 bridgehead atoms. The van der Waals surface area contributed by atoms with Gasteiger partial charge in [0.25, 0.3) is 0 Å². The van der Waals surface area contributed by atoms with Crippen molar-refractivity contribution in [1.82, 2.24) is 10.2 Å². The minimum absolute atomic E-state index is 0.463. The summed E-state index contributed by atoms with van der Waals surface area (Å²) >= 11 is 0.